The average molecular weight is 440 g/mol. The van der Waals surface area contributed by atoms with Gasteiger partial charge in [0.05, 0.1) is 17.3 Å². The van der Waals surface area contributed by atoms with Crippen LogP contribution in [0.3, 0.4) is 0 Å². The zero-order valence-corrected chi connectivity index (χ0v) is 16.3. The van der Waals surface area contributed by atoms with E-state index >= 15 is 0 Å². The molecule has 0 saturated carbocycles. The van der Waals surface area contributed by atoms with Crippen LogP contribution in [0.1, 0.15) is 49.4 Å². The summed E-state index contributed by atoms with van der Waals surface area (Å²) >= 11 is 2.38. The third-order valence-corrected chi connectivity index (χ3v) is 5.50. The highest BCUT2D eigenvalue weighted by Crippen LogP contribution is 2.23. The van der Waals surface area contributed by atoms with Crippen molar-refractivity contribution in [1.82, 2.24) is 14.9 Å². The van der Waals surface area contributed by atoms with Crippen molar-refractivity contribution in [3.63, 3.8) is 0 Å². The summed E-state index contributed by atoms with van der Waals surface area (Å²) < 4.78 is 2.92. The van der Waals surface area contributed by atoms with E-state index in [2.05, 4.69) is 57.0 Å². The van der Waals surface area contributed by atoms with Gasteiger partial charge >= 0.3 is 0 Å². The molecule has 3 heterocycles. The van der Waals surface area contributed by atoms with Crippen molar-refractivity contribution in [3.05, 3.63) is 30.1 Å². The number of halogens is 1. The van der Waals surface area contributed by atoms with Crippen LogP contribution < -0.4 is 10.2 Å². The summed E-state index contributed by atoms with van der Waals surface area (Å²) in [5.41, 5.74) is 2.75. The van der Waals surface area contributed by atoms with Crippen molar-refractivity contribution in [3.8, 4) is 0 Å². The topological polar surface area (TPSA) is 49.6 Å². The Morgan fingerprint density at radius 1 is 1.42 bits per heavy atom. The van der Waals surface area contributed by atoms with Crippen LogP contribution in [0.2, 0.25) is 0 Å². The highest BCUT2D eigenvalue weighted by molar-refractivity contribution is 14.1. The van der Waals surface area contributed by atoms with Crippen LogP contribution in [0.4, 0.5) is 5.69 Å². The van der Waals surface area contributed by atoms with E-state index in [-0.39, 0.29) is 11.9 Å². The predicted molar refractivity (Wildman–Crippen MR) is 106 cm³/mol. The molecule has 3 rings (SSSR count). The van der Waals surface area contributed by atoms with E-state index in [4.69, 9.17) is 0 Å². The van der Waals surface area contributed by atoms with Gasteiger partial charge in [-0.15, -0.1) is 0 Å². The van der Waals surface area contributed by atoms with E-state index in [9.17, 15) is 4.79 Å². The minimum absolute atomic E-state index is 0.0103. The summed E-state index contributed by atoms with van der Waals surface area (Å²) in [6.45, 7) is 4.32. The Kier molecular flexibility index (Phi) is 5.97. The minimum atomic E-state index is -0.0103. The molecule has 5 nitrogen and oxygen atoms in total. The number of amides is 1. The molecular weight excluding hydrogens is 415 g/mol. The summed E-state index contributed by atoms with van der Waals surface area (Å²) in [5.74, 6) is -0.0103. The summed E-state index contributed by atoms with van der Waals surface area (Å²) in [4.78, 5) is 15.1. The van der Waals surface area contributed by atoms with Crippen LogP contribution in [-0.4, -0.2) is 39.1 Å². The molecule has 1 fully saturated rings. The van der Waals surface area contributed by atoms with Gasteiger partial charge in [-0.2, -0.15) is 5.10 Å². The van der Waals surface area contributed by atoms with Crippen LogP contribution in [0.5, 0.6) is 0 Å². The van der Waals surface area contributed by atoms with Gasteiger partial charge in [-0.25, -0.2) is 4.52 Å². The van der Waals surface area contributed by atoms with Crippen LogP contribution in [-0.2, 0) is 0 Å². The summed E-state index contributed by atoms with van der Waals surface area (Å²) in [6.07, 6.45) is 9.24. The maximum atomic E-state index is 12.7. The third-order valence-electron chi connectivity index (χ3n) is 4.74. The molecule has 1 saturated heterocycles. The molecule has 1 amide bonds. The van der Waals surface area contributed by atoms with Crippen molar-refractivity contribution in [1.29, 1.82) is 0 Å². The fraction of sp³-hybridized carbons (Fsp3) is 0.556. The second-order valence-electron chi connectivity index (χ2n) is 6.38. The zero-order valence-electron chi connectivity index (χ0n) is 14.2. The number of nitrogens with zero attached hydrogens (tertiary/aromatic N) is 3. The first-order valence-electron chi connectivity index (χ1n) is 8.82. The normalized spacial score (nSPS) is 15.8. The zero-order chi connectivity index (χ0) is 16.9. The van der Waals surface area contributed by atoms with E-state index < -0.39 is 0 Å². The molecule has 0 spiro atoms. The average Bonchev–Trinajstić information content (AvgIpc) is 3.27. The van der Waals surface area contributed by atoms with Gasteiger partial charge in [0.1, 0.15) is 0 Å². The highest BCUT2D eigenvalue weighted by atomic mass is 127. The maximum Gasteiger partial charge on any atom is 0.255 e. The van der Waals surface area contributed by atoms with E-state index in [1.165, 1.54) is 18.5 Å². The summed E-state index contributed by atoms with van der Waals surface area (Å²) in [7, 11) is 0. The monoisotopic (exact) mass is 440 g/mol. The molecule has 24 heavy (non-hydrogen) atoms. The lowest BCUT2D eigenvalue weighted by molar-refractivity contribution is 0.0935. The standard InChI is InChI=1S/C18H25IN4O/c1-2-14(6-5-8-19)21-18(24)16-13-20-23-11-7-15(12-17(16)23)22-9-3-4-10-22/h7,11-14H,2-6,8-10H2,1H3,(H,21,24). The number of hydrogen-bond acceptors (Lipinski definition) is 3. The molecule has 1 unspecified atom stereocenters. The Balaban J connectivity index is 1.80. The Morgan fingerprint density at radius 2 is 2.21 bits per heavy atom. The Labute approximate surface area is 156 Å². The predicted octanol–water partition coefficient (Wildman–Crippen LogP) is 3.66. The van der Waals surface area contributed by atoms with Crippen LogP contribution in [0.25, 0.3) is 5.52 Å². The molecule has 130 valence electrons. The van der Waals surface area contributed by atoms with Crippen LogP contribution >= 0.6 is 22.6 Å². The molecule has 0 aliphatic carbocycles. The number of rotatable bonds is 7. The second-order valence-corrected chi connectivity index (χ2v) is 7.46. The maximum absolute atomic E-state index is 12.7. The van der Waals surface area contributed by atoms with Gasteiger partial charge in [0, 0.05) is 31.0 Å². The number of fused-ring (bicyclic) bond motifs is 1. The van der Waals surface area contributed by atoms with Gasteiger partial charge < -0.3 is 10.2 Å². The smallest absolute Gasteiger partial charge is 0.255 e. The van der Waals surface area contributed by atoms with Crippen molar-refractivity contribution in [2.24, 2.45) is 0 Å². The number of anilines is 1. The van der Waals surface area contributed by atoms with Gasteiger partial charge in [-0.1, -0.05) is 29.5 Å². The first kappa shape index (κ1) is 17.5. The van der Waals surface area contributed by atoms with Gasteiger partial charge in [0.2, 0.25) is 0 Å². The van der Waals surface area contributed by atoms with Gasteiger partial charge in [-0.3, -0.25) is 4.79 Å². The number of carbonyl (C=O) groups excluding carboxylic acids is 1. The Hall–Kier alpha value is -1.31. The molecular formula is C18H25IN4O. The first-order chi connectivity index (χ1) is 11.7. The fourth-order valence-corrected chi connectivity index (χ4v) is 3.72. The lowest BCUT2D eigenvalue weighted by Gasteiger charge is -2.18. The summed E-state index contributed by atoms with van der Waals surface area (Å²) in [5, 5.41) is 7.51. The molecule has 0 aromatic carbocycles. The van der Waals surface area contributed by atoms with Crippen molar-refractivity contribution in [2.75, 3.05) is 22.4 Å². The molecule has 1 N–H and O–H groups in total. The lowest BCUT2D eigenvalue weighted by Crippen LogP contribution is -2.34. The van der Waals surface area contributed by atoms with E-state index in [0.717, 1.165) is 42.3 Å². The molecule has 1 aliphatic rings. The molecule has 0 bridgehead atoms. The fourth-order valence-electron chi connectivity index (χ4n) is 3.28. The van der Waals surface area contributed by atoms with Crippen molar-refractivity contribution in [2.45, 2.75) is 45.1 Å². The number of pyridine rings is 1. The number of alkyl halides is 1. The SMILES string of the molecule is CCC(CCCI)NC(=O)c1cnn2ccc(N3CCCC3)cc12. The quantitative estimate of drug-likeness (QED) is 0.528. The van der Waals surface area contributed by atoms with E-state index in [1.54, 1.807) is 10.7 Å². The minimum Gasteiger partial charge on any atom is -0.371 e. The number of carbonyl (C=O) groups is 1. The summed E-state index contributed by atoms with van der Waals surface area (Å²) in [6, 6.07) is 4.42. The molecule has 1 aliphatic heterocycles. The van der Waals surface area contributed by atoms with Crippen LogP contribution in [0.15, 0.2) is 24.5 Å². The van der Waals surface area contributed by atoms with E-state index in [1.807, 2.05) is 6.20 Å². The van der Waals surface area contributed by atoms with Crippen molar-refractivity contribution >= 4 is 39.7 Å². The Morgan fingerprint density at radius 3 is 2.92 bits per heavy atom. The molecule has 1 atom stereocenters. The Bertz CT molecular complexity index is 693. The van der Waals surface area contributed by atoms with Gasteiger partial charge in [-0.05, 0) is 48.7 Å². The first-order valence-corrected chi connectivity index (χ1v) is 10.3. The molecule has 0 radical (unpaired) electrons. The lowest BCUT2D eigenvalue weighted by atomic mass is 10.1. The number of nitrogens with one attached hydrogen (secondary N) is 1. The number of hydrogen-bond donors (Lipinski definition) is 1. The third kappa shape index (κ3) is 3.84. The van der Waals surface area contributed by atoms with Gasteiger partial charge in [0.15, 0.2) is 0 Å². The van der Waals surface area contributed by atoms with Crippen LogP contribution in [0, 0.1) is 0 Å². The van der Waals surface area contributed by atoms with E-state index in [0.29, 0.717) is 5.56 Å². The molecule has 2 aromatic heterocycles. The molecule has 2 aromatic rings. The largest absolute Gasteiger partial charge is 0.371 e. The van der Waals surface area contributed by atoms with Crippen molar-refractivity contribution < 1.29 is 4.79 Å². The highest BCUT2D eigenvalue weighted by Gasteiger charge is 2.18. The van der Waals surface area contributed by atoms with Gasteiger partial charge in [0.25, 0.3) is 5.91 Å². The molecule has 6 heteroatoms. The second kappa shape index (κ2) is 8.18. The number of aromatic nitrogens is 2.